The molecule has 5 heteroatoms. The van der Waals surface area contributed by atoms with Crippen molar-refractivity contribution in [3.63, 3.8) is 0 Å². The second-order valence-corrected chi connectivity index (χ2v) is 4.18. The lowest BCUT2D eigenvalue weighted by Crippen LogP contribution is -2.03. The quantitative estimate of drug-likeness (QED) is 0.794. The van der Waals surface area contributed by atoms with Crippen molar-refractivity contribution in [3.8, 4) is 5.75 Å². The third-order valence-corrected chi connectivity index (χ3v) is 2.70. The van der Waals surface area contributed by atoms with Gasteiger partial charge in [0.2, 0.25) is 0 Å². The van der Waals surface area contributed by atoms with Crippen LogP contribution in [-0.4, -0.2) is 16.6 Å². The van der Waals surface area contributed by atoms with Gasteiger partial charge in [0.15, 0.2) is 5.78 Å². The summed E-state index contributed by atoms with van der Waals surface area (Å²) < 4.78 is 0. The number of aromatic hydroxyl groups is 1. The van der Waals surface area contributed by atoms with E-state index in [2.05, 4.69) is 4.99 Å². The van der Waals surface area contributed by atoms with Crippen LogP contribution in [0, 0.1) is 0 Å². The molecular weight excluding hydrogens is 261 g/mol. The zero-order valence-electron chi connectivity index (χ0n) is 8.52. The van der Waals surface area contributed by atoms with Crippen LogP contribution in [0.5, 0.6) is 5.75 Å². The Morgan fingerprint density at radius 3 is 2.59 bits per heavy atom. The van der Waals surface area contributed by atoms with Gasteiger partial charge in [0.1, 0.15) is 5.75 Å². The fraction of sp³-hybridized carbons (Fsp3) is 0. The molecular formula is C12H7Cl2NO2. The minimum absolute atomic E-state index is 0.00134. The van der Waals surface area contributed by atoms with E-state index in [0.717, 1.165) is 0 Å². The van der Waals surface area contributed by atoms with E-state index in [1.165, 1.54) is 24.3 Å². The molecule has 0 atom stereocenters. The number of rotatable bonds is 1. The molecule has 0 aromatic heterocycles. The molecule has 1 aliphatic carbocycles. The van der Waals surface area contributed by atoms with Gasteiger partial charge in [0.05, 0.1) is 21.5 Å². The number of carbonyl (C=O) groups is 1. The van der Waals surface area contributed by atoms with E-state index < -0.39 is 0 Å². The van der Waals surface area contributed by atoms with Crippen molar-refractivity contribution in [3.05, 3.63) is 46.5 Å². The summed E-state index contributed by atoms with van der Waals surface area (Å²) in [5.74, 6) is -0.243. The first-order chi connectivity index (χ1) is 8.06. The maximum Gasteiger partial charge on any atom is 0.197 e. The molecule has 0 unspecified atom stereocenters. The van der Waals surface area contributed by atoms with Crippen LogP contribution in [0.25, 0.3) is 0 Å². The number of allylic oxidation sites excluding steroid dienone is 4. The van der Waals surface area contributed by atoms with Crippen molar-refractivity contribution in [2.75, 3.05) is 0 Å². The Kier molecular flexibility index (Phi) is 3.31. The van der Waals surface area contributed by atoms with Crippen LogP contribution in [0.3, 0.4) is 0 Å². The molecule has 1 aromatic carbocycles. The lowest BCUT2D eigenvalue weighted by molar-refractivity contribution is -0.110. The molecule has 0 spiro atoms. The van der Waals surface area contributed by atoms with Gasteiger partial charge < -0.3 is 5.11 Å². The Labute approximate surface area is 108 Å². The minimum Gasteiger partial charge on any atom is -0.506 e. The predicted molar refractivity (Wildman–Crippen MR) is 68.3 cm³/mol. The van der Waals surface area contributed by atoms with Crippen LogP contribution in [-0.2, 0) is 4.79 Å². The fourth-order valence-electron chi connectivity index (χ4n) is 1.27. The van der Waals surface area contributed by atoms with Crippen LogP contribution in [0.4, 0.5) is 5.69 Å². The normalized spacial score (nSPS) is 17.4. The average Bonchev–Trinajstić information content (AvgIpc) is 2.29. The number of halogens is 2. The van der Waals surface area contributed by atoms with E-state index in [1.54, 1.807) is 12.1 Å². The molecule has 0 aliphatic heterocycles. The summed E-state index contributed by atoms with van der Waals surface area (Å²) in [6.45, 7) is 0. The monoisotopic (exact) mass is 267 g/mol. The molecule has 0 saturated carbocycles. The third-order valence-electron chi connectivity index (χ3n) is 2.10. The second kappa shape index (κ2) is 4.73. The number of phenols is 1. The molecule has 0 fully saturated rings. The molecule has 2 rings (SSSR count). The number of ketones is 1. The largest absolute Gasteiger partial charge is 0.506 e. The highest BCUT2D eigenvalue weighted by Crippen LogP contribution is 2.28. The van der Waals surface area contributed by atoms with E-state index in [1.807, 2.05) is 0 Å². The van der Waals surface area contributed by atoms with Crippen molar-refractivity contribution in [1.82, 2.24) is 0 Å². The number of hydrogen-bond acceptors (Lipinski definition) is 3. The van der Waals surface area contributed by atoms with Crippen LogP contribution >= 0.6 is 23.2 Å². The summed E-state index contributed by atoms with van der Waals surface area (Å²) in [6.07, 6.45) is 4.39. The molecule has 0 saturated heterocycles. The Morgan fingerprint density at radius 1 is 1.18 bits per heavy atom. The van der Waals surface area contributed by atoms with E-state index in [0.29, 0.717) is 11.4 Å². The summed E-state index contributed by atoms with van der Waals surface area (Å²) in [4.78, 5) is 15.3. The Hall–Kier alpha value is -1.58. The fourth-order valence-corrected chi connectivity index (χ4v) is 1.62. The molecule has 1 aromatic rings. The lowest BCUT2D eigenvalue weighted by atomic mass is 10.1. The molecule has 17 heavy (non-hydrogen) atoms. The van der Waals surface area contributed by atoms with Gasteiger partial charge in [-0.2, -0.15) is 0 Å². The van der Waals surface area contributed by atoms with E-state index in [-0.39, 0.29) is 21.6 Å². The molecule has 0 heterocycles. The summed E-state index contributed by atoms with van der Waals surface area (Å²) in [5, 5.41) is 9.60. The van der Waals surface area contributed by atoms with E-state index >= 15 is 0 Å². The minimum atomic E-state index is -0.241. The average molecular weight is 268 g/mol. The maximum absolute atomic E-state index is 11.1. The number of aliphatic imine (C=N–C) groups is 1. The van der Waals surface area contributed by atoms with Crippen molar-refractivity contribution in [2.24, 2.45) is 4.99 Å². The zero-order valence-corrected chi connectivity index (χ0v) is 10.0. The molecule has 0 amide bonds. The number of carbonyl (C=O) groups excluding carboxylic acids is 1. The summed E-state index contributed by atoms with van der Waals surface area (Å²) in [5.41, 5.74) is 1.12. The van der Waals surface area contributed by atoms with Gasteiger partial charge >= 0.3 is 0 Å². The summed E-state index contributed by atoms with van der Waals surface area (Å²) in [7, 11) is 0. The van der Waals surface area contributed by atoms with Crippen molar-refractivity contribution in [1.29, 1.82) is 0 Å². The van der Waals surface area contributed by atoms with Gasteiger partial charge in [-0.25, -0.2) is 4.99 Å². The van der Waals surface area contributed by atoms with Gasteiger partial charge in [-0.05, 0) is 36.4 Å². The maximum atomic E-state index is 11.1. The van der Waals surface area contributed by atoms with E-state index in [9.17, 15) is 9.90 Å². The number of benzene rings is 1. The summed E-state index contributed by atoms with van der Waals surface area (Å²) in [6, 6.07) is 4.58. The van der Waals surface area contributed by atoms with Gasteiger partial charge in [0.25, 0.3) is 0 Å². The van der Waals surface area contributed by atoms with Crippen LogP contribution in [0.2, 0.25) is 5.02 Å². The Morgan fingerprint density at radius 2 is 1.94 bits per heavy atom. The van der Waals surface area contributed by atoms with Crippen LogP contribution in [0.1, 0.15) is 0 Å². The van der Waals surface area contributed by atoms with Gasteiger partial charge in [-0.15, -0.1) is 0 Å². The highest BCUT2D eigenvalue weighted by molar-refractivity contribution is 6.47. The molecule has 3 nitrogen and oxygen atoms in total. The zero-order chi connectivity index (χ0) is 12.4. The number of nitrogens with zero attached hydrogens (tertiary/aromatic N) is 1. The predicted octanol–water partition coefficient (Wildman–Crippen LogP) is 3.38. The second-order valence-electron chi connectivity index (χ2n) is 3.36. The lowest BCUT2D eigenvalue weighted by Gasteiger charge is -2.03. The standard InChI is InChI=1S/C12H7Cl2NO2/c13-9-5-7(1-3-11(9)16)15-8-2-4-12(17)10(14)6-8/h1-6,16H. The molecule has 1 N–H and O–H groups in total. The van der Waals surface area contributed by atoms with Gasteiger partial charge in [-0.1, -0.05) is 23.2 Å². The van der Waals surface area contributed by atoms with Gasteiger partial charge in [-0.3, -0.25) is 4.79 Å². The van der Waals surface area contributed by atoms with E-state index in [4.69, 9.17) is 23.2 Å². The SMILES string of the molecule is O=C1C=CC(=Nc2ccc(O)c(Cl)c2)C=C1Cl. The molecule has 0 radical (unpaired) electrons. The Balaban J connectivity index is 2.34. The first-order valence-electron chi connectivity index (χ1n) is 4.73. The van der Waals surface area contributed by atoms with Crippen molar-refractivity contribution in [2.45, 2.75) is 0 Å². The highest BCUT2D eigenvalue weighted by atomic mass is 35.5. The Bertz CT molecular complexity index is 574. The smallest absolute Gasteiger partial charge is 0.197 e. The number of hydrogen-bond donors (Lipinski definition) is 1. The van der Waals surface area contributed by atoms with Gasteiger partial charge in [0, 0.05) is 0 Å². The molecule has 1 aliphatic rings. The molecule has 0 bridgehead atoms. The van der Waals surface area contributed by atoms with Crippen LogP contribution in [0.15, 0.2) is 46.5 Å². The first kappa shape index (κ1) is 11.9. The molecule has 86 valence electrons. The van der Waals surface area contributed by atoms with Crippen molar-refractivity contribution >= 4 is 40.4 Å². The highest BCUT2D eigenvalue weighted by Gasteiger charge is 2.09. The first-order valence-corrected chi connectivity index (χ1v) is 5.48. The number of phenolic OH excluding ortho intramolecular Hbond substituents is 1. The van der Waals surface area contributed by atoms with Crippen molar-refractivity contribution < 1.29 is 9.90 Å². The topological polar surface area (TPSA) is 49.7 Å². The summed E-state index contributed by atoms with van der Waals surface area (Å²) >= 11 is 11.4. The van der Waals surface area contributed by atoms with Crippen LogP contribution < -0.4 is 0 Å². The third kappa shape index (κ3) is 2.75.